The Hall–Kier alpha value is -0.450. The third kappa shape index (κ3) is 2.49. The van der Waals surface area contributed by atoms with Crippen molar-refractivity contribution in [3.05, 3.63) is 17.7 Å². The van der Waals surface area contributed by atoms with Crippen LogP contribution in [0.1, 0.15) is 32.1 Å². The lowest BCUT2D eigenvalue weighted by atomic mass is 9.95. The van der Waals surface area contributed by atoms with Gasteiger partial charge < -0.3 is 15.6 Å². The van der Waals surface area contributed by atoms with Gasteiger partial charge in [0.15, 0.2) is 0 Å². The van der Waals surface area contributed by atoms with E-state index in [9.17, 15) is 0 Å². The lowest BCUT2D eigenvalue weighted by Gasteiger charge is -2.31. The maximum atomic E-state index is 5.46. The van der Waals surface area contributed by atoms with Crippen molar-refractivity contribution in [3.8, 4) is 0 Å². The Morgan fingerprint density at radius 1 is 1.38 bits per heavy atom. The van der Waals surface area contributed by atoms with Crippen LogP contribution >= 0.6 is 12.4 Å². The molecule has 1 aliphatic heterocycles. The molecule has 5 heteroatoms. The summed E-state index contributed by atoms with van der Waals surface area (Å²) in [6.45, 7) is 0. The van der Waals surface area contributed by atoms with Crippen LogP contribution in [0.2, 0.25) is 0 Å². The van der Waals surface area contributed by atoms with Crippen molar-refractivity contribution in [1.82, 2.24) is 0 Å². The minimum absolute atomic E-state index is 0. The van der Waals surface area contributed by atoms with Crippen LogP contribution in [-0.4, -0.2) is 6.04 Å². The smallest absolute Gasteiger partial charge is 0.227 e. The lowest BCUT2D eigenvalue weighted by molar-refractivity contribution is -0.844. The quantitative estimate of drug-likeness (QED) is 0.660. The second kappa shape index (κ2) is 4.69. The first-order valence-electron chi connectivity index (χ1n) is 4.58. The molecule has 0 bridgehead atoms. The number of nitrogens with one attached hydrogen (secondary N) is 1. The highest BCUT2D eigenvalue weighted by molar-refractivity contribution is 5.85. The monoisotopic (exact) mass is 205 g/mol. The Kier molecular flexibility index (Phi) is 3.84. The van der Waals surface area contributed by atoms with E-state index in [1.54, 1.807) is 0 Å². The Balaban J connectivity index is 0.000000845. The first kappa shape index (κ1) is 10.6. The van der Waals surface area contributed by atoms with Crippen LogP contribution in [0.25, 0.3) is 5.59 Å². The molecule has 3 N–H and O–H groups in total. The molecule has 13 heavy (non-hydrogen) atoms. The molecule has 0 saturated heterocycles. The summed E-state index contributed by atoms with van der Waals surface area (Å²) < 4.78 is 0. The van der Waals surface area contributed by atoms with Crippen LogP contribution < -0.4 is 10.7 Å². The maximum absolute atomic E-state index is 5.46. The molecule has 0 amide bonds. The van der Waals surface area contributed by atoms with E-state index in [0.29, 0.717) is 11.9 Å². The standard InChI is InChI=1S/C8H15N3O.ClH/c9-8-6-11(10-12-8)7-4-2-1-3-5-7;/h6-7,11H,1-5,9H2;1H. The van der Waals surface area contributed by atoms with Gasteiger partial charge in [-0.25, -0.2) is 0 Å². The maximum Gasteiger partial charge on any atom is 0.227 e. The minimum atomic E-state index is 0. The number of nitrogens with zero attached hydrogens (tertiary/aromatic N) is 1. The largest absolute Gasteiger partial charge is 0.523 e. The third-order valence-electron chi connectivity index (χ3n) is 2.57. The molecule has 0 aromatic carbocycles. The summed E-state index contributed by atoms with van der Waals surface area (Å²) in [5.74, 6) is 0.440. The highest BCUT2D eigenvalue weighted by Gasteiger charge is 2.22. The molecule has 1 heterocycles. The fraction of sp³-hybridized carbons (Fsp3) is 0.750. The summed E-state index contributed by atoms with van der Waals surface area (Å²) in [7, 11) is 0. The molecule has 76 valence electrons. The molecule has 2 aliphatic rings. The molecular formula is C8H16ClN3O. The van der Waals surface area contributed by atoms with Crippen molar-refractivity contribution in [2.24, 2.45) is 5.73 Å². The fourth-order valence-corrected chi connectivity index (χ4v) is 1.89. The van der Waals surface area contributed by atoms with Crippen LogP contribution in [0.15, 0.2) is 12.1 Å². The summed E-state index contributed by atoms with van der Waals surface area (Å²) in [6.07, 6.45) is 8.34. The van der Waals surface area contributed by atoms with Gasteiger partial charge in [0, 0.05) is 0 Å². The van der Waals surface area contributed by atoms with E-state index in [4.69, 9.17) is 10.6 Å². The van der Waals surface area contributed by atoms with Gasteiger partial charge in [-0.1, -0.05) is 6.42 Å². The summed E-state index contributed by atoms with van der Waals surface area (Å²) in [5.41, 5.74) is 9.40. The van der Waals surface area contributed by atoms with Crippen molar-refractivity contribution in [2.45, 2.75) is 38.1 Å². The Morgan fingerprint density at radius 3 is 2.62 bits per heavy atom. The molecule has 0 spiro atoms. The van der Waals surface area contributed by atoms with Crippen molar-refractivity contribution in [2.75, 3.05) is 0 Å². The average Bonchev–Trinajstić information content (AvgIpc) is 2.54. The van der Waals surface area contributed by atoms with Gasteiger partial charge in [-0.2, -0.15) is 0 Å². The Bertz CT molecular complexity index is 192. The number of halogens is 1. The van der Waals surface area contributed by atoms with Crippen LogP contribution in [0, 0.1) is 0 Å². The fourth-order valence-electron chi connectivity index (χ4n) is 1.89. The first-order valence-corrected chi connectivity index (χ1v) is 4.58. The number of nitrogens with two attached hydrogens (primary N) is 1. The van der Waals surface area contributed by atoms with Gasteiger partial charge in [0.1, 0.15) is 6.20 Å². The molecule has 1 saturated carbocycles. The lowest BCUT2D eigenvalue weighted by Crippen LogP contribution is -3.06. The molecule has 0 aromatic rings. The zero-order valence-electron chi connectivity index (χ0n) is 7.53. The predicted octanol–water partition coefficient (Wildman–Crippen LogP) is 0.617. The summed E-state index contributed by atoms with van der Waals surface area (Å²) in [5, 5.41) is 1.05. The van der Waals surface area contributed by atoms with Gasteiger partial charge in [0.2, 0.25) is 5.88 Å². The molecule has 1 fully saturated rings. The number of hydrogen-bond acceptors (Lipinski definition) is 2. The van der Waals surface area contributed by atoms with Gasteiger partial charge in [-0.3, -0.25) is 5.59 Å². The van der Waals surface area contributed by atoms with Crippen LogP contribution in [0.4, 0.5) is 0 Å². The van der Waals surface area contributed by atoms with E-state index in [2.05, 4.69) is 5.59 Å². The van der Waals surface area contributed by atoms with E-state index in [0.717, 1.165) is 5.01 Å². The number of hydrogen-bond donors (Lipinski definition) is 2. The van der Waals surface area contributed by atoms with E-state index in [-0.39, 0.29) is 12.4 Å². The molecule has 1 unspecified atom stereocenters. The SMILES string of the molecule is Cl.NC1=C[NH+](C2CCCCC2)[N-]O1. The van der Waals surface area contributed by atoms with E-state index >= 15 is 0 Å². The third-order valence-corrected chi connectivity index (χ3v) is 2.57. The molecular weight excluding hydrogens is 190 g/mol. The Labute approximate surface area is 84.4 Å². The number of quaternary nitrogens is 1. The van der Waals surface area contributed by atoms with Crippen LogP contribution in [-0.2, 0) is 4.84 Å². The topological polar surface area (TPSA) is 53.8 Å². The summed E-state index contributed by atoms with van der Waals surface area (Å²) in [6, 6.07) is 0.597. The molecule has 1 aliphatic carbocycles. The van der Waals surface area contributed by atoms with Gasteiger partial charge in [-0.05, 0) is 25.7 Å². The van der Waals surface area contributed by atoms with Crippen molar-refractivity contribution in [3.63, 3.8) is 0 Å². The molecule has 0 radical (unpaired) electrons. The predicted molar refractivity (Wildman–Crippen MR) is 51.8 cm³/mol. The summed E-state index contributed by atoms with van der Waals surface area (Å²) in [4.78, 5) is 4.85. The minimum Gasteiger partial charge on any atom is -0.523 e. The van der Waals surface area contributed by atoms with Crippen LogP contribution in [0.5, 0.6) is 0 Å². The number of rotatable bonds is 1. The normalized spacial score (nSPS) is 28.9. The van der Waals surface area contributed by atoms with Crippen molar-refractivity contribution < 1.29 is 9.85 Å². The highest BCUT2D eigenvalue weighted by Crippen LogP contribution is 2.16. The first-order chi connectivity index (χ1) is 5.86. The van der Waals surface area contributed by atoms with E-state index < -0.39 is 0 Å². The molecule has 4 nitrogen and oxygen atoms in total. The zero-order chi connectivity index (χ0) is 8.39. The van der Waals surface area contributed by atoms with Gasteiger partial charge >= 0.3 is 0 Å². The van der Waals surface area contributed by atoms with Gasteiger partial charge in [0.25, 0.3) is 0 Å². The van der Waals surface area contributed by atoms with Gasteiger partial charge in [0.05, 0.1) is 6.04 Å². The van der Waals surface area contributed by atoms with Crippen LogP contribution in [0.3, 0.4) is 0 Å². The van der Waals surface area contributed by atoms with E-state index in [1.807, 2.05) is 6.20 Å². The second-order valence-corrected chi connectivity index (χ2v) is 3.49. The molecule has 1 atom stereocenters. The van der Waals surface area contributed by atoms with Crippen molar-refractivity contribution in [1.29, 1.82) is 0 Å². The average molecular weight is 206 g/mol. The molecule has 0 aromatic heterocycles. The van der Waals surface area contributed by atoms with E-state index in [1.165, 1.54) is 32.1 Å². The highest BCUT2D eigenvalue weighted by atomic mass is 35.5. The van der Waals surface area contributed by atoms with Gasteiger partial charge in [-0.15, -0.1) is 12.4 Å². The molecule has 2 rings (SSSR count). The van der Waals surface area contributed by atoms with Crippen molar-refractivity contribution >= 4 is 12.4 Å². The zero-order valence-corrected chi connectivity index (χ0v) is 8.35. The summed E-state index contributed by atoms with van der Waals surface area (Å²) >= 11 is 0. The second-order valence-electron chi connectivity index (χ2n) is 3.49. The Morgan fingerprint density at radius 2 is 2.08 bits per heavy atom.